The Morgan fingerprint density at radius 3 is 2.53 bits per heavy atom. The summed E-state index contributed by atoms with van der Waals surface area (Å²) in [5.41, 5.74) is 8.07. The van der Waals surface area contributed by atoms with Gasteiger partial charge in [0.2, 0.25) is 0 Å². The van der Waals surface area contributed by atoms with Crippen LogP contribution < -0.4 is 16.4 Å². The molecule has 13 heteroatoms. The molecule has 0 aliphatic heterocycles. The minimum atomic E-state index is -5.08. The molecular weight excluding hydrogens is 539 g/mol. The highest BCUT2D eigenvalue weighted by Crippen LogP contribution is 2.28. The first-order valence-corrected chi connectivity index (χ1v) is 11.9. The summed E-state index contributed by atoms with van der Waals surface area (Å²) in [6.45, 7) is 0. The first-order valence-electron chi connectivity index (χ1n) is 10.2. The van der Waals surface area contributed by atoms with E-state index in [1.807, 2.05) is 24.3 Å². The van der Waals surface area contributed by atoms with Crippen LogP contribution in [0.4, 0.5) is 24.7 Å². The maximum absolute atomic E-state index is 12.8. The first kappa shape index (κ1) is 25.8. The zero-order valence-corrected chi connectivity index (χ0v) is 20.0. The zero-order valence-electron chi connectivity index (χ0n) is 17.6. The van der Waals surface area contributed by atoms with Crippen molar-refractivity contribution >= 4 is 61.0 Å². The van der Waals surface area contributed by atoms with E-state index in [1.54, 1.807) is 11.6 Å². The number of nitrogens with one attached hydrogen (secondary N) is 2. The molecule has 4 rings (SSSR count). The Hall–Kier alpha value is -2.77. The number of hydrogen-bond acceptors (Lipinski definition) is 7. The van der Waals surface area contributed by atoms with E-state index in [4.69, 9.17) is 15.6 Å². The Morgan fingerprint density at radius 1 is 1.21 bits per heavy atom. The van der Waals surface area contributed by atoms with Crippen molar-refractivity contribution in [1.82, 2.24) is 9.97 Å². The lowest BCUT2D eigenvalue weighted by atomic mass is 9.91. The van der Waals surface area contributed by atoms with E-state index >= 15 is 0 Å². The fraction of sp³-hybridized carbons (Fsp3) is 0.333. The Kier molecular flexibility index (Phi) is 8.44. The largest absolute Gasteiger partial charge is 0.490 e. The Morgan fingerprint density at radius 2 is 1.88 bits per heavy atom. The fourth-order valence-electron chi connectivity index (χ4n) is 3.32. The number of thiophene rings is 1. The molecule has 1 aliphatic carbocycles. The zero-order chi connectivity index (χ0) is 24.9. The maximum atomic E-state index is 12.8. The van der Waals surface area contributed by atoms with Crippen molar-refractivity contribution in [1.29, 1.82) is 0 Å². The molecule has 1 fully saturated rings. The highest BCUT2D eigenvalue weighted by molar-refractivity contribution is 9.10. The van der Waals surface area contributed by atoms with Crippen LogP contribution in [-0.4, -0.2) is 45.2 Å². The summed E-state index contributed by atoms with van der Waals surface area (Å²) >= 11 is 4.86. The van der Waals surface area contributed by atoms with Gasteiger partial charge >= 0.3 is 12.1 Å². The number of nitrogens with zero attached hydrogens (tertiary/aromatic N) is 2. The number of carboxylic acid groups (broad SMARTS) is 1. The van der Waals surface area contributed by atoms with Crippen LogP contribution in [0.15, 0.2) is 40.3 Å². The number of aliphatic carboxylic acids is 1. The van der Waals surface area contributed by atoms with Gasteiger partial charge in [-0.05, 0) is 40.9 Å². The van der Waals surface area contributed by atoms with Crippen LogP contribution in [0.5, 0.6) is 0 Å². The number of alkyl halides is 3. The van der Waals surface area contributed by atoms with Crippen LogP contribution in [0.2, 0.25) is 0 Å². The standard InChI is InChI=1S/C19H20BrN5OS.C2HF3O2/c20-12-5-1-3-7-14(12)24-18(26)11-10-27-19-17(11)25-16(9-22-19)23-15-8-4-2-6-13(15)21;3-2(4,5)1(6)7/h1,3,5,7,9-10,13,15H,2,4,6,8,21H2,(H,23,25)(H,24,26);(H,6,7)/t13-,15+;/m0./s1. The van der Waals surface area contributed by atoms with Gasteiger partial charge in [0.25, 0.3) is 5.91 Å². The van der Waals surface area contributed by atoms with Gasteiger partial charge in [-0.25, -0.2) is 14.8 Å². The number of fused-ring (bicyclic) bond motifs is 1. The number of carboxylic acids is 1. The summed E-state index contributed by atoms with van der Waals surface area (Å²) in [6, 6.07) is 7.83. The summed E-state index contributed by atoms with van der Waals surface area (Å²) in [5, 5.41) is 15.3. The van der Waals surface area contributed by atoms with E-state index in [-0.39, 0.29) is 18.0 Å². The minimum absolute atomic E-state index is 0.122. The van der Waals surface area contributed by atoms with Gasteiger partial charge in [-0.1, -0.05) is 25.0 Å². The molecule has 34 heavy (non-hydrogen) atoms. The highest BCUT2D eigenvalue weighted by atomic mass is 79.9. The molecule has 2 atom stereocenters. The number of amides is 1. The summed E-state index contributed by atoms with van der Waals surface area (Å²) in [6.07, 6.45) is 1.02. The number of benzene rings is 1. The normalized spacial score (nSPS) is 18.0. The van der Waals surface area contributed by atoms with Crippen molar-refractivity contribution in [2.75, 3.05) is 10.6 Å². The molecule has 0 spiro atoms. The molecule has 2 aromatic heterocycles. The molecule has 1 aliphatic rings. The maximum Gasteiger partial charge on any atom is 0.490 e. The number of para-hydroxylation sites is 1. The lowest BCUT2D eigenvalue weighted by molar-refractivity contribution is -0.192. The van der Waals surface area contributed by atoms with Crippen LogP contribution in [0.3, 0.4) is 0 Å². The molecule has 3 aromatic rings. The van der Waals surface area contributed by atoms with Crippen LogP contribution in [0.1, 0.15) is 36.0 Å². The van der Waals surface area contributed by atoms with E-state index in [2.05, 4.69) is 36.5 Å². The van der Waals surface area contributed by atoms with Crippen LogP contribution in [0, 0.1) is 0 Å². The molecule has 5 N–H and O–H groups in total. The number of rotatable bonds is 4. The molecule has 0 unspecified atom stereocenters. The van der Waals surface area contributed by atoms with Gasteiger partial charge in [0, 0.05) is 21.9 Å². The van der Waals surface area contributed by atoms with Crippen molar-refractivity contribution in [3.63, 3.8) is 0 Å². The van der Waals surface area contributed by atoms with Gasteiger partial charge < -0.3 is 21.5 Å². The lowest BCUT2D eigenvalue weighted by Crippen LogP contribution is -2.42. The van der Waals surface area contributed by atoms with Gasteiger partial charge in [-0.2, -0.15) is 13.2 Å². The molecule has 0 saturated heterocycles. The number of carbonyl (C=O) groups is 2. The van der Waals surface area contributed by atoms with Gasteiger partial charge in [0.05, 0.1) is 17.4 Å². The second kappa shape index (κ2) is 11.1. The number of aromatic nitrogens is 2. The number of anilines is 2. The number of carbonyl (C=O) groups excluding carboxylic acids is 1. The minimum Gasteiger partial charge on any atom is -0.475 e. The molecule has 8 nitrogen and oxygen atoms in total. The molecular formula is C21H21BrF3N5O3S. The highest BCUT2D eigenvalue weighted by Gasteiger charge is 2.38. The van der Waals surface area contributed by atoms with Crippen molar-refractivity contribution < 1.29 is 27.9 Å². The molecule has 1 aromatic carbocycles. The van der Waals surface area contributed by atoms with Gasteiger partial charge in [0.1, 0.15) is 16.2 Å². The van der Waals surface area contributed by atoms with Crippen LogP contribution >= 0.6 is 27.3 Å². The topological polar surface area (TPSA) is 130 Å². The molecule has 0 bridgehead atoms. The van der Waals surface area contributed by atoms with Crippen LogP contribution in [0.25, 0.3) is 10.3 Å². The van der Waals surface area contributed by atoms with E-state index < -0.39 is 12.1 Å². The van der Waals surface area contributed by atoms with E-state index in [1.165, 1.54) is 24.2 Å². The van der Waals surface area contributed by atoms with Crippen molar-refractivity contribution in [3.05, 3.63) is 45.9 Å². The third-order valence-corrected chi connectivity index (χ3v) is 6.61. The third kappa shape index (κ3) is 6.64. The first-order chi connectivity index (χ1) is 16.1. The summed E-state index contributed by atoms with van der Waals surface area (Å²) < 4.78 is 32.6. The van der Waals surface area contributed by atoms with Gasteiger partial charge in [0.15, 0.2) is 0 Å². The van der Waals surface area contributed by atoms with E-state index in [0.717, 1.165) is 27.8 Å². The number of nitrogens with two attached hydrogens (primary N) is 1. The molecule has 0 radical (unpaired) electrons. The predicted molar refractivity (Wildman–Crippen MR) is 127 cm³/mol. The van der Waals surface area contributed by atoms with Crippen molar-refractivity contribution in [3.8, 4) is 0 Å². The Labute approximate surface area is 204 Å². The summed E-state index contributed by atoms with van der Waals surface area (Å²) in [4.78, 5) is 31.5. The number of halogens is 4. The molecule has 1 amide bonds. The monoisotopic (exact) mass is 559 g/mol. The average Bonchev–Trinajstić information content (AvgIpc) is 3.20. The second-order valence-electron chi connectivity index (χ2n) is 7.49. The fourth-order valence-corrected chi connectivity index (χ4v) is 4.53. The quantitative estimate of drug-likeness (QED) is 0.353. The van der Waals surface area contributed by atoms with E-state index in [0.29, 0.717) is 16.9 Å². The third-order valence-electron chi connectivity index (χ3n) is 5.04. The van der Waals surface area contributed by atoms with Gasteiger partial charge in [-0.3, -0.25) is 4.79 Å². The molecule has 1 saturated carbocycles. The Balaban J connectivity index is 0.000000406. The Bertz CT molecular complexity index is 1170. The van der Waals surface area contributed by atoms with Crippen molar-refractivity contribution in [2.45, 2.75) is 43.9 Å². The lowest BCUT2D eigenvalue weighted by Gasteiger charge is -2.29. The average molecular weight is 560 g/mol. The van der Waals surface area contributed by atoms with Crippen LogP contribution in [-0.2, 0) is 4.79 Å². The van der Waals surface area contributed by atoms with Gasteiger partial charge in [-0.15, -0.1) is 11.3 Å². The van der Waals surface area contributed by atoms with E-state index in [9.17, 15) is 18.0 Å². The smallest absolute Gasteiger partial charge is 0.475 e. The number of hydrogen-bond donors (Lipinski definition) is 4. The summed E-state index contributed by atoms with van der Waals surface area (Å²) in [7, 11) is 0. The molecule has 182 valence electrons. The van der Waals surface area contributed by atoms with Crippen molar-refractivity contribution in [2.24, 2.45) is 5.73 Å². The SMILES string of the molecule is N[C@H]1CCCC[C@H]1Nc1cnc2scc(C(=O)Nc3ccccc3Br)c2n1.O=C(O)C(F)(F)F. The molecule has 2 heterocycles. The summed E-state index contributed by atoms with van der Waals surface area (Å²) in [5.74, 6) is -2.29. The second-order valence-corrected chi connectivity index (χ2v) is 9.21. The predicted octanol–water partition coefficient (Wildman–Crippen LogP) is 5.02.